The number of phenolic OH excluding ortho intramolecular Hbond substituents is 1. The van der Waals surface area contributed by atoms with Crippen LogP contribution >= 0.6 is 0 Å². The molecule has 4 rings (SSSR count). The molecule has 0 spiro atoms. The smallest absolute Gasteiger partial charge is 0.230 e. The number of phenols is 1. The van der Waals surface area contributed by atoms with Crippen molar-refractivity contribution in [3.63, 3.8) is 0 Å². The first kappa shape index (κ1) is 15.9. The first-order chi connectivity index (χ1) is 11.6. The third kappa shape index (κ3) is 2.52. The molecule has 0 aliphatic carbocycles. The predicted molar refractivity (Wildman–Crippen MR) is 93.9 cm³/mol. The van der Waals surface area contributed by atoms with E-state index < -0.39 is 0 Å². The van der Waals surface area contributed by atoms with Gasteiger partial charge in [-0.25, -0.2) is 0 Å². The molecule has 2 N–H and O–H groups in total. The van der Waals surface area contributed by atoms with Gasteiger partial charge in [0.15, 0.2) is 0 Å². The van der Waals surface area contributed by atoms with Crippen LogP contribution in [0.5, 0.6) is 5.75 Å². The number of hydrogen-bond acceptors (Lipinski definition) is 3. The monoisotopic (exact) mass is 328 g/mol. The van der Waals surface area contributed by atoms with Crippen molar-refractivity contribution in [1.29, 1.82) is 0 Å². The lowest BCUT2D eigenvalue weighted by atomic mass is 9.70. The minimum absolute atomic E-state index is 0.152. The minimum atomic E-state index is -0.152. The molecule has 24 heavy (non-hydrogen) atoms. The van der Waals surface area contributed by atoms with Gasteiger partial charge in [-0.2, -0.15) is 0 Å². The van der Waals surface area contributed by atoms with Gasteiger partial charge in [0, 0.05) is 25.2 Å². The molecular weight excluding hydrogens is 300 g/mol. The molecule has 0 aromatic heterocycles. The van der Waals surface area contributed by atoms with E-state index in [0.717, 1.165) is 45.2 Å². The number of amides is 1. The number of carbonyl (C=O) groups is 1. The third-order valence-electron chi connectivity index (χ3n) is 6.70. The first-order valence-corrected chi connectivity index (χ1v) is 9.47. The van der Waals surface area contributed by atoms with E-state index in [1.807, 2.05) is 12.1 Å². The van der Waals surface area contributed by atoms with E-state index in [9.17, 15) is 9.90 Å². The molecule has 0 saturated carbocycles. The molecule has 0 unspecified atom stereocenters. The van der Waals surface area contributed by atoms with Crippen LogP contribution < -0.4 is 5.32 Å². The Balaban J connectivity index is 1.43. The lowest BCUT2D eigenvalue weighted by molar-refractivity contribution is -0.145. The summed E-state index contributed by atoms with van der Waals surface area (Å²) in [6, 6.07) is 8.54. The van der Waals surface area contributed by atoms with Crippen molar-refractivity contribution in [3.05, 3.63) is 29.8 Å². The van der Waals surface area contributed by atoms with E-state index in [1.54, 1.807) is 6.07 Å². The van der Waals surface area contributed by atoms with E-state index in [-0.39, 0.29) is 5.41 Å². The summed E-state index contributed by atoms with van der Waals surface area (Å²) in [5.74, 6) is 1.18. The summed E-state index contributed by atoms with van der Waals surface area (Å²) >= 11 is 0. The van der Waals surface area contributed by atoms with Crippen molar-refractivity contribution in [3.8, 4) is 5.75 Å². The van der Waals surface area contributed by atoms with Gasteiger partial charge in [-0.3, -0.25) is 4.79 Å². The molecule has 1 aromatic rings. The molecule has 3 aliphatic rings. The Morgan fingerprint density at radius 2 is 2.08 bits per heavy atom. The number of aromatic hydroxyl groups is 1. The van der Waals surface area contributed by atoms with Gasteiger partial charge in [-0.05, 0) is 62.1 Å². The number of fused-ring (bicyclic) bond motifs is 2. The molecule has 130 valence electrons. The third-order valence-corrected chi connectivity index (χ3v) is 6.70. The van der Waals surface area contributed by atoms with Crippen LogP contribution in [0.1, 0.15) is 56.9 Å². The summed E-state index contributed by atoms with van der Waals surface area (Å²) in [6.45, 7) is 3.87. The second-order valence-corrected chi connectivity index (χ2v) is 7.87. The number of nitrogens with one attached hydrogen (secondary N) is 1. The van der Waals surface area contributed by atoms with Crippen molar-refractivity contribution >= 4 is 5.91 Å². The normalized spacial score (nSPS) is 33.1. The van der Waals surface area contributed by atoms with Crippen LogP contribution in [0, 0.1) is 5.41 Å². The summed E-state index contributed by atoms with van der Waals surface area (Å²) < 4.78 is 0. The highest BCUT2D eigenvalue weighted by molar-refractivity contribution is 5.84. The number of rotatable bonds is 3. The largest absolute Gasteiger partial charge is 0.508 e. The minimum Gasteiger partial charge on any atom is -0.508 e. The Kier molecular flexibility index (Phi) is 4.03. The summed E-state index contributed by atoms with van der Waals surface area (Å²) in [4.78, 5) is 15.4. The van der Waals surface area contributed by atoms with Crippen LogP contribution in [0.4, 0.5) is 0 Å². The fraction of sp³-hybridized carbons (Fsp3) is 0.650. The van der Waals surface area contributed by atoms with Gasteiger partial charge in [0.2, 0.25) is 5.91 Å². The van der Waals surface area contributed by atoms with Crippen molar-refractivity contribution < 1.29 is 9.90 Å². The maximum atomic E-state index is 13.3. The number of carbonyl (C=O) groups excluding carboxylic acids is 1. The van der Waals surface area contributed by atoms with Gasteiger partial charge in [0.05, 0.1) is 5.41 Å². The van der Waals surface area contributed by atoms with E-state index in [1.165, 1.54) is 12.0 Å². The summed E-state index contributed by atoms with van der Waals surface area (Å²) in [6.07, 6.45) is 6.36. The number of benzene rings is 1. The average Bonchev–Trinajstić information content (AvgIpc) is 3.23. The lowest BCUT2D eigenvalue weighted by Gasteiger charge is -2.41. The van der Waals surface area contributed by atoms with Crippen LogP contribution in [-0.4, -0.2) is 41.1 Å². The molecule has 1 amide bonds. The zero-order valence-electron chi connectivity index (χ0n) is 14.5. The number of likely N-dealkylation sites (tertiary alicyclic amines) is 1. The maximum Gasteiger partial charge on any atom is 0.230 e. The maximum absolute atomic E-state index is 13.3. The van der Waals surface area contributed by atoms with Crippen LogP contribution in [0.15, 0.2) is 24.3 Å². The van der Waals surface area contributed by atoms with Gasteiger partial charge in [0.25, 0.3) is 0 Å². The standard InChI is InChI=1S/C20H28N2O2/c1-2-20(13-16-6-7-18(20)21-16)19(24)22-10-8-14(9-11-22)15-4-3-5-17(23)12-15/h3-5,12,14,16,18,21,23H,2,6-11,13H2,1H3/t16-,18+,20+/m0/s1. The molecule has 3 aliphatic heterocycles. The van der Waals surface area contributed by atoms with Crippen molar-refractivity contribution in [2.45, 2.75) is 63.5 Å². The Hall–Kier alpha value is -1.55. The fourth-order valence-electron chi connectivity index (χ4n) is 5.29. The van der Waals surface area contributed by atoms with Crippen LogP contribution in [0.3, 0.4) is 0 Å². The summed E-state index contributed by atoms with van der Waals surface area (Å²) in [5, 5.41) is 13.3. The molecule has 3 heterocycles. The molecule has 3 atom stereocenters. The van der Waals surface area contributed by atoms with E-state index in [4.69, 9.17) is 0 Å². The van der Waals surface area contributed by atoms with Crippen molar-refractivity contribution in [2.24, 2.45) is 5.41 Å². The Labute approximate surface area is 144 Å². The molecule has 4 heteroatoms. The molecule has 4 nitrogen and oxygen atoms in total. The van der Waals surface area contributed by atoms with Gasteiger partial charge in [-0.15, -0.1) is 0 Å². The Bertz CT molecular complexity index is 624. The average molecular weight is 328 g/mol. The highest BCUT2D eigenvalue weighted by Gasteiger charge is 2.55. The topological polar surface area (TPSA) is 52.6 Å². The molecule has 1 aromatic carbocycles. The molecule has 3 fully saturated rings. The van der Waals surface area contributed by atoms with Crippen LogP contribution in [-0.2, 0) is 4.79 Å². The van der Waals surface area contributed by atoms with Gasteiger partial charge < -0.3 is 15.3 Å². The van der Waals surface area contributed by atoms with Crippen molar-refractivity contribution in [1.82, 2.24) is 10.2 Å². The number of nitrogens with zero attached hydrogens (tertiary/aromatic N) is 1. The lowest BCUT2D eigenvalue weighted by Crippen LogP contribution is -2.51. The molecular formula is C20H28N2O2. The fourth-order valence-corrected chi connectivity index (χ4v) is 5.29. The van der Waals surface area contributed by atoms with Crippen LogP contribution in [0.25, 0.3) is 0 Å². The van der Waals surface area contributed by atoms with Gasteiger partial charge in [0.1, 0.15) is 5.75 Å². The highest BCUT2D eigenvalue weighted by Crippen LogP contribution is 2.47. The molecule has 2 bridgehead atoms. The van der Waals surface area contributed by atoms with Gasteiger partial charge in [-0.1, -0.05) is 19.1 Å². The van der Waals surface area contributed by atoms with E-state index in [2.05, 4.69) is 23.2 Å². The first-order valence-electron chi connectivity index (χ1n) is 9.47. The summed E-state index contributed by atoms with van der Waals surface area (Å²) in [7, 11) is 0. The highest BCUT2D eigenvalue weighted by atomic mass is 16.3. The Morgan fingerprint density at radius 3 is 2.67 bits per heavy atom. The predicted octanol–water partition coefficient (Wildman–Crippen LogP) is 3.02. The summed E-state index contributed by atoms with van der Waals surface area (Å²) in [5.41, 5.74) is 1.05. The number of piperidine rings is 1. The van der Waals surface area contributed by atoms with Crippen molar-refractivity contribution in [2.75, 3.05) is 13.1 Å². The zero-order chi connectivity index (χ0) is 16.7. The number of hydrogen-bond donors (Lipinski definition) is 2. The quantitative estimate of drug-likeness (QED) is 0.897. The zero-order valence-corrected chi connectivity index (χ0v) is 14.5. The SMILES string of the molecule is CC[C@@]1(C(=O)N2CCC(c3cccc(O)c3)CC2)C[C@@H]2CC[C@H]1N2. The second-order valence-electron chi connectivity index (χ2n) is 7.87. The van der Waals surface area contributed by atoms with E-state index in [0.29, 0.717) is 29.7 Å². The van der Waals surface area contributed by atoms with Crippen LogP contribution in [0.2, 0.25) is 0 Å². The van der Waals surface area contributed by atoms with E-state index >= 15 is 0 Å². The Morgan fingerprint density at radius 1 is 1.29 bits per heavy atom. The second kappa shape index (κ2) is 6.07. The molecule has 3 saturated heterocycles. The molecule has 0 radical (unpaired) electrons. The van der Waals surface area contributed by atoms with Gasteiger partial charge >= 0.3 is 0 Å².